The molecule has 1 aromatic carbocycles. The number of fused-ring (bicyclic) bond motifs is 1. The third-order valence-electron chi connectivity index (χ3n) is 3.83. The van der Waals surface area contributed by atoms with Gasteiger partial charge in [0.15, 0.2) is 0 Å². The van der Waals surface area contributed by atoms with E-state index < -0.39 is 0 Å². The number of halogens is 1. The van der Waals surface area contributed by atoms with E-state index >= 15 is 0 Å². The van der Waals surface area contributed by atoms with E-state index in [-0.39, 0.29) is 11.9 Å². The van der Waals surface area contributed by atoms with Crippen LogP contribution < -0.4 is 0 Å². The van der Waals surface area contributed by atoms with Crippen LogP contribution in [0.4, 0.5) is 4.39 Å². The largest absolute Gasteiger partial charge is 0.393 e. The van der Waals surface area contributed by atoms with Crippen molar-refractivity contribution in [1.29, 1.82) is 0 Å². The molecule has 1 fully saturated rings. The van der Waals surface area contributed by atoms with Crippen molar-refractivity contribution in [2.75, 3.05) is 0 Å². The fourth-order valence-corrected chi connectivity index (χ4v) is 2.86. The highest BCUT2D eigenvalue weighted by Crippen LogP contribution is 2.31. The number of nitrogens with one attached hydrogen (secondary N) is 1. The van der Waals surface area contributed by atoms with Crippen LogP contribution in [-0.4, -0.2) is 16.2 Å². The van der Waals surface area contributed by atoms with Crippen LogP contribution in [0.15, 0.2) is 24.4 Å². The van der Waals surface area contributed by atoms with Gasteiger partial charge in [0.2, 0.25) is 0 Å². The zero-order valence-electron chi connectivity index (χ0n) is 9.62. The molecule has 2 unspecified atom stereocenters. The molecule has 0 radical (unpaired) electrons. The molecular weight excluding hydrogens is 217 g/mol. The summed E-state index contributed by atoms with van der Waals surface area (Å²) in [5.74, 6) is 0.127. The lowest BCUT2D eigenvalue weighted by molar-refractivity contribution is 0.133. The number of aromatic amines is 1. The Morgan fingerprint density at radius 1 is 1.35 bits per heavy atom. The number of hydrogen-bond acceptors (Lipinski definition) is 1. The lowest BCUT2D eigenvalue weighted by atomic mass is 9.96. The van der Waals surface area contributed by atoms with Crippen molar-refractivity contribution >= 4 is 10.9 Å². The molecule has 1 aromatic heterocycles. The molecule has 1 aliphatic carbocycles. The number of rotatable bonds is 2. The van der Waals surface area contributed by atoms with Gasteiger partial charge < -0.3 is 10.1 Å². The molecule has 0 spiro atoms. The van der Waals surface area contributed by atoms with Crippen LogP contribution in [0.2, 0.25) is 0 Å². The van der Waals surface area contributed by atoms with Gasteiger partial charge in [-0.1, -0.05) is 6.42 Å². The van der Waals surface area contributed by atoms with Crippen molar-refractivity contribution in [3.63, 3.8) is 0 Å². The Hall–Kier alpha value is -1.35. The highest BCUT2D eigenvalue weighted by atomic mass is 19.1. The first-order chi connectivity index (χ1) is 8.24. The van der Waals surface area contributed by atoms with E-state index in [0.29, 0.717) is 5.92 Å². The lowest BCUT2D eigenvalue weighted by Crippen LogP contribution is -2.15. The Balaban J connectivity index is 1.92. The summed E-state index contributed by atoms with van der Waals surface area (Å²) in [7, 11) is 0. The standard InChI is InChI=1S/C14H16FNO/c15-11-4-5-13-12(7-11)10(8-16-13)6-9-2-1-3-14(9)17/h4-5,7-9,14,16-17H,1-3,6H2. The molecule has 1 aliphatic rings. The fourth-order valence-electron chi connectivity index (χ4n) is 2.86. The van der Waals surface area contributed by atoms with Crippen molar-refractivity contribution in [3.8, 4) is 0 Å². The van der Waals surface area contributed by atoms with Gasteiger partial charge in [0, 0.05) is 17.1 Å². The number of aromatic nitrogens is 1. The van der Waals surface area contributed by atoms with Gasteiger partial charge in [0.05, 0.1) is 6.10 Å². The van der Waals surface area contributed by atoms with Crippen LogP contribution in [0.25, 0.3) is 10.9 Å². The van der Waals surface area contributed by atoms with Crippen LogP contribution in [0.3, 0.4) is 0 Å². The van der Waals surface area contributed by atoms with Crippen LogP contribution in [0, 0.1) is 11.7 Å². The topological polar surface area (TPSA) is 36.0 Å². The van der Waals surface area contributed by atoms with Gasteiger partial charge in [-0.2, -0.15) is 0 Å². The van der Waals surface area contributed by atoms with Crippen LogP contribution in [0.1, 0.15) is 24.8 Å². The summed E-state index contributed by atoms with van der Waals surface area (Å²) in [4.78, 5) is 3.16. The first kappa shape index (κ1) is 10.8. The summed E-state index contributed by atoms with van der Waals surface area (Å²) in [6.07, 6.45) is 5.67. The number of aliphatic hydroxyl groups is 1. The molecule has 2 aromatic rings. The minimum atomic E-state index is -0.203. The van der Waals surface area contributed by atoms with Gasteiger partial charge in [-0.05, 0) is 48.9 Å². The van der Waals surface area contributed by atoms with E-state index in [0.717, 1.165) is 42.1 Å². The Morgan fingerprint density at radius 3 is 3.00 bits per heavy atom. The van der Waals surface area contributed by atoms with E-state index in [1.54, 1.807) is 12.1 Å². The Morgan fingerprint density at radius 2 is 2.24 bits per heavy atom. The number of aliphatic hydroxyl groups excluding tert-OH is 1. The molecule has 0 bridgehead atoms. The number of benzene rings is 1. The summed E-state index contributed by atoms with van der Waals surface area (Å²) in [6.45, 7) is 0. The van der Waals surface area contributed by atoms with Gasteiger partial charge >= 0.3 is 0 Å². The highest BCUT2D eigenvalue weighted by molar-refractivity contribution is 5.83. The first-order valence-electron chi connectivity index (χ1n) is 6.17. The van der Waals surface area contributed by atoms with Crippen molar-refractivity contribution < 1.29 is 9.50 Å². The molecule has 17 heavy (non-hydrogen) atoms. The molecule has 2 nitrogen and oxygen atoms in total. The maximum absolute atomic E-state index is 13.2. The number of hydrogen-bond donors (Lipinski definition) is 2. The Labute approximate surface area is 99.5 Å². The van der Waals surface area contributed by atoms with E-state index in [1.807, 2.05) is 6.20 Å². The quantitative estimate of drug-likeness (QED) is 0.821. The molecule has 90 valence electrons. The van der Waals surface area contributed by atoms with Gasteiger partial charge in [-0.25, -0.2) is 4.39 Å². The minimum Gasteiger partial charge on any atom is -0.393 e. The third kappa shape index (κ3) is 1.95. The van der Waals surface area contributed by atoms with Gasteiger partial charge in [0.1, 0.15) is 5.82 Å². The second kappa shape index (κ2) is 4.15. The fraction of sp³-hybridized carbons (Fsp3) is 0.429. The van der Waals surface area contributed by atoms with E-state index in [2.05, 4.69) is 4.98 Å². The zero-order valence-corrected chi connectivity index (χ0v) is 9.62. The van der Waals surface area contributed by atoms with Gasteiger partial charge in [-0.15, -0.1) is 0 Å². The second-order valence-electron chi connectivity index (χ2n) is 4.97. The Bertz CT molecular complexity index is 534. The van der Waals surface area contributed by atoms with Crippen molar-refractivity contribution in [2.45, 2.75) is 31.8 Å². The average molecular weight is 233 g/mol. The van der Waals surface area contributed by atoms with Gasteiger partial charge in [-0.3, -0.25) is 0 Å². The highest BCUT2D eigenvalue weighted by Gasteiger charge is 2.25. The van der Waals surface area contributed by atoms with E-state index in [4.69, 9.17) is 0 Å². The average Bonchev–Trinajstić information content (AvgIpc) is 2.88. The monoisotopic (exact) mass is 233 g/mol. The molecule has 0 aliphatic heterocycles. The maximum Gasteiger partial charge on any atom is 0.123 e. The van der Waals surface area contributed by atoms with Crippen LogP contribution >= 0.6 is 0 Å². The van der Waals surface area contributed by atoms with E-state index in [1.165, 1.54) is 6.07 Å². The SMILES string of the molecule is OC1CCCC1Cc1c[nH]c2ccc(F)cc12. The molecule has 0 amide bonds. The first-order valence-corrected chi connectivity index (χ1v) is 6.17. The minimum absolute atomic E-state index is 0.187. The van der Waals surface area contributed by atoms with Crippen molar-refractivity contribution in [1.82, 2.24) is 4.98 Å². The van der Waals surface area contributed by atoms with Crippen molar-refractivity contribution in [3.05, 3.63) is 35.8 Å². The molecule has 3 rings (SSSR count). The molecule has 1 heterocycles. The number of H-pyrrole nitrogens is 1. The molecular formula is C14H16FNO. The maximum atomic E-state index is 13.2. The molecule has 0 saturated heterocycles. The summed E-state index contributed by atoms with van der Waals surface area (Å²) in [5.41, 5.74) is 2.08. The van der Waals surface area contributed by atoms with E-state index in [9.17, 15) is 9.50 Å². The van der Waals surface area contributed by atoms with Crippen LogP contribution in [-0.2, 0) is 6.42 Å². The third-order valence-corrected chi connectivity index (χ3v) is 3.83. The molecule has 3 heteroatoms. The summed E-state index contributed by atoms with van der Waals surface area (Å²) in [5, 5.41) is 10.8. The smallest absolute Gasteiger partial charge is 0.123 e. The Kier molecular flexibility index (Phi) is 2.63. The summed E-state index contributed by atoms with van der Waals surface area (Å²) >= 11 is 0. The summed E-state index contributed by atoms with van der Waals surface area (Å²) in [6, 6.07) is 4.80. The molecule has 1 saturated carbocycles. The zero-order chi connectivity index (χ0) is 11.8. The van der Waals surface area contributed by atoms with Gasteiger partial charge in [0.25, 0.3) is 0 Å². The second-order valence-corrected chi connectivity index (χ2v) is 4.97. The van der Waals surface area contributed by atoms with Crippen LogP contribution in [0.5, 0.6) is 0 Å². The predicted octanol–water partition coefficient (Wildman–Crippen LogP) is 3.01. The molecule has 2 atom stereocenters. The predicted molar refractivity (Wildman–Crippen MR) is 65.3 cm³/mol. The normalized spacial score (nSPS) is 24.6. The lowest BCUT2D eigenvalue weighted by Gasteiger charge is -2.13. The van der Waals surface area contributed by atoms with Crippen molar-refractivity contribution in [2.24, 2.45) is 5.92 Å². The summed E-state index contributed by atoms with van der Waals surface area (Å²) < 4.78 is 13.2. The molecule has 2 N–H and O–H groups in total.